The molecule has 9 heteroatoms. The number of aliphatic imine (C=N–C) groups is 1. The molecule has 3 heterocycles. The van der Waals surface area contributed by atoms with Crippen molar-refractivity contribution in [1.29, 1.82) is 0 Å². The van der Waals surface area contributed by atoms with E-state index in [1.54, 1.807) is 6.33 Å². The van der Waals surface area contributed by atoms with Gasteiger partial charge in [0.2, 0.25) is 0 Å². The molecular formula is C18H33IN6O2. The molecule has 154 valence electrons. The summed E-state index contributed by atoms with van der Waals surface area (Å²) < 4.78 is 11.3. The highest BCUT2D eigenvalue weighted by Crippen LogP contribution is 2.24. The van der Waals surface area contributed by atoms with E-state index in [2.05, 4.69) is 32.3 Å². The molecule has 0 radical (unpaired) electrons. The van der Waals surface area contributed by atoms with Gasteiger partial charge in [-0.2, -0.15) is 5.10 Å². The highest BCUT2D eigenvalue weighted by atomic mass is 127. The van der Waals surface area contributed by atoms with Crippen LogP contribution in [0.1, 0.15) is 50.8 Å². The highest BCUT2D eigenvalue weighted by Gasteiger charge is 2.24. The summed E-state index contributed by atoms with van der Waals surface area (Å²) >= 11 is 0. The number of hydrogen-bond donors (Lipinski definition) is 2. The summed E-state index contributed by atoms with van der Waals surface area (Å²) in [6.07, 6.45) is 7.11. The first-order chi connectivity index (χ1) is 12.9. The lowest BCUT2D eigenvalue weighted by atomic mass is 9.96. The summed E-state index contributed by atoms with van der Waals surface area (Å²) in [5.74, 6) is 2.51. The van der Waals surface area contributed by atoms with Crippen LogP contribution in [0, 0.1) is 0 Å². The van der Waals surface area contributed by atoms with E-state index in [1.807, 2.05) is 0 Å². The van der Waals surface area contributed by atoms with Gasteiger partial charge in [-0.3, -0.25) is 10.1 Å². The van der Waals surface area contributed by atoms with Gasteiger partial charge in [0, 0.05) is 51.9 Å². The predicted octanol–water partition coefficient (Wildman–Crippen LogP) is 2.15. The lowest BCUT2D eigenvalue weighted by Gasteiger charge is -2.33. The Balaban J connectivity index is 0.00000261. The molecule has 0 bridgehead atoms. The number of guanidine groups is 1. The summed E-state index contributed by atoms with van der Waals surface area (Å²) in [6, 6.07) is 0. The molecule has 2 aliphatic heterocycles. The lowest BCUT2D eigenvalue weighted by molar-refractivity contribution is -0.0318. The van der Waals surface area contributed by atoms with Gasteiger partial charge in [0.05, 0.1) is 6.10 Å². The number of rotatable bonds is 7. The van der Waals surface area contributed by atoms with Crippen molar-refractivity contribution < 1.29 is 9.47 Å². The largest absolute Gasteiger partial charge is 0.381 e. The van der Waals surface area contributed by atoms with Crippen LogP contribution in [0.4, 0.5) is 0 Å². The monoisotopic (exact) mass is 492 g/mol. The second kappa shape index (κ2) is 12.5. The van der Waals surface area contributed by atoms with Crippen molar-refractivity contribution in [3.05, 3.63) is 12.2 Å². The molecule has 2 aliphatic rings. The topological polar surface area (TPSA) is 87.7 Å². The Kier molecular flexibility index (Phi) is 10.4. The molecule has 0 saturated carbocycles. The van der Waals surface area contributed by atoms with E-state index in [0.29, 0.717) is 12.0 Å². The summed E-state index contributed by atoms with van der Waals surface area (Å²) in [7, 11) is 0. The molecule has 0 aromatic carbocycles. The first kappa shape index (κ1) is 22.4. The van der Waals surface area contributed by atoms with Gasteiger partial charge in [-0.1, -0.05) is 0 Å². The summed E-state index contributed by atoms with van der Waals surface area (Å²) in [5, 5.41) is 10.4. The third-order valence-corrected chi connectivity index (χ3v) is 5.04. The molecule has 2 fully saturated rings. The molecule has 0 atom stereocenters. The van der Waals surface area contributed by atoms with Crippen molar-refractivity contribution in [3.63, 3.8) is 0 Å². The maximum atomic E-state index is 5.93. The van der Waals surface area contributed by atoms with Crippen LogP contribution in [0.2, 0.25) is 0 Å². The van der Waals surface area contributed by atoms with Gasteiger partial charge in [-0.15, -0.1) is 24.0 Å². The third kappa shape index (κ3) is 7.19. The Morgan fingerprint density at radius 1 is 1.33 bits per heavy atom. The maximum Gasteiger partial charge on any atom is 0.193 e. The van der Waals surface area contributed by atoms with Crippen LogP contribution < -0.4 is 5.32 Å². The molecule has 27 heavy (non-hydrogen) atoms. The summed E-state index contributed by atoms with van der Waals surface area (Å²) in [5.41, 5.74) is 0. The van der Waals surface area contributed by atoms with Crippen molar-refractivity contribution in [2.75, 3.05) is 46.0 Å². The first-order valence-corrected chi connectivity index (χ1v) is 9.94. The molecule has 3 rings (SSSR count). The number of H-pyrrole nitrogens is 1. The number of likely N-dealkylation sites (tertiary alicyclic amines) is 1. The minimum atomic E-state index is 0. The van der Waals surface area contributed by atoms with E-state index in [-0.39, 0.29) is 24.0 Å². The average Bonchev–Trinajstić information content (AvgIpc) is 3.23. The molecule has 0 amide bonds. The second-order valence-electron chi connectivity index (χ2n) is 6.90. The third-order valence-electron chi connectivity index (χ3n) is 5.04. The number of ether oxygens (including phenoxy) is 2. The zero-order chi connectivity index (χ0) is 18.0. The number of piperidine rings is 1. The molecule has 8 nitrogen and oxygen atoms in total. The molecule has 1 aromatic heterocycles. The van der Waals surface area contributed by atoms with Gasteiger partial charge in [-0.05, 0) is 39.0 Å². The maximum absolute atomic E-state index is 5.93. The number of nitrogens with zero attached hydrogens (tertiary/aromatic N) is 4. The average molecular weight is 492 g/mol. The van der Waals surface area contributed by atoms with Crippen LogP contribution in [0.3, 0.4) is 0 Å². The fourth-order valence-electron chi connectivity index (χ4n) is 3.54. The molecule has 0 aliphatic carbocycles. The SMILES string of the molecule is CCNC(=NCCCOC1CCOCC1)N1CCC(c2ncn[nH]2)CC1.I. The van der Waals surface area contributed by atoms with Crippen molar-refractivity contribution >= 4 is 29.9 Å². The van der Waals surface area contributed by atoms with Crippen LogP contribution in [-0.4, -0.2) is 78.1 Å². The van der Waals surface area contributed by atoms with Crippen LogP contribution in [-0.2, 0) is 9.47 Å². The van der Waals surface area contributed by atoms with Gasteiger partial charge >= 0.3 is 0 Å². The normalized spacial score (nSPS) is 19.7. The molecule has 0 spiro atoms. The van der Waals surface area contributed by atoms with Crippen LogP contribution in [0.5, 0.6) is 0 Å². The Morgan fingerprint density at radius 3 is 2.78 bits per heavy atom. The number of nitrogens with one attached hydrogen (secondary N) is 2. The minimum Gasteiger partial charge on any atom is -0.381 e. The van der Waals surface area contributed by atoms with E-state index < -0.39 is 0 Å². The fourth-order valence-corrected chi connectivity index (χ4v) is 3.54. The Labute approximate surface area is 178 Å². The number of halogens is 1. The molecule has 1 aromatic rings. The van der Waals surface area contributed by atoms with Crippen LogP contribution in [0.25, 0.3) is 0 Å². The lowest BCUT2D eigenvalue weighted by Crippen LogP contribution is -2.45. The number of aromatic nitrogens is 3. The Hall–Kier alpha value is -0.940. The van der Waals surface area contributed by atoms with Gasteiger partial charge in [-0.25, -0.2) is 4.98 Å². The Morgan fingerprint density at radius 2 is 2.11 bits per heavy atom. The number of aromatic amines is 1. The molecule has 2 N–H and O–H groups in total. The van der Waals surface area contributed by atoms with E-state index in [1.165, 1.54) is 0 Å². The Bertz CT molecular complexity index is 528. The zero-order valence-electron chi connectivity index (χ0n) is 16.2. The van der Waals surface area contributed by atoms with Gasteiger partial charge in [0.1, 0.15) is 12.2 Å². The van der Waals surface area contributed by atoms with Crippen LogP contribution >= 0.6 is 24.0 Å². The van der Waals surface area contributed by atoms with Gasteiger partial charge in [0.15, 0.2) is 5.96 Å². The summed E-state index contributed by atoms with van der Waals surface area (Å²) in [6.45, 7) is 8.24. The quantitative estimate of drug-likeness (QED) is 0.263. The zero-order valence-corrected chi connectivity index (χ0v) is 18.6. The highest BCUT2D eigenvalue weighted by molar-refractivity contribution is 14.0. The van der Waals surface area contributed by atoms with Gasteiger partial charge in [0.25, 0.3) is 0 Å². The summed E-state index contributed by atoms with van der Waals surface area (Å²) in [4.78, 5) is 11.5. The van der Waals surface area contributed by atoms with Crippen molar-refractivity contribution in [1.82, 2.24) is 25.4 Å². The van der Waals surface area contributed by atoms with Crippen molar-refractivity contribution in [2.24, 2.45) is 4.99 Å². The predicted molar refractivity (Wildman–Crippen MR) is 116 cm³/mol. The standard InChI is InChI=1S/C18H32N6O2.HI/c1-2-19-18(20-8-3-11-26-16-6-12-25-13-7-16)24-9-4-15(5-10-24)17-21-14-22-23-17;/h14-16H,2-13H2,1H3,(H,19,20)(H,21,22,23);1H. The minimum absolute atomic E-state index is 0. The molecule has 0 unspecified atom stereocenters. The molecular weight excluding hydrogens is 459 g/mol. The first-order valence-electron chi connectivity index (χ1n) is 9.94. The van der Waals surface area contributed by atoms with Crippen molar-refractivity contribution in [2.45, 2.75) is 51.0 Å². The van der Waals surface area contributed by atoms with Crippen LogP contribution in [0.15, 0.2) is 11.3 Å². The van der Waals surface area contributed by atoms with E-state index in [4.69, 9.17) is 14.5 Å². The molecule has 2 saturated heterocycles. The van der Waals surface area contributed by atoms with Crippen molar-refractivity contribution in [3.8, 4) is 0 Å². The smallest absolute Gasteiger partial charge is 0.193 e. The number of hydrogen-bond acceptors (Lipinski definition) is 5. The fraction of sp³-hybridized carbons (Fsp3) is 0.833. The van der Waals surface area contributed by atoms with Gasteiger partial charge < -0.3 is 19.7 Å². The van der Waals surface area contributed by atoms with E-state index >= 15 is 0 Å². The second-order valence-corrected chi connectivity index (χ2v) is 6.90. The van der Waals surface area contributed by atoms with E-state index in [9.17, 15) is 0 Å². The van der Waals surface area contributed by atoms with E-state index in [0.717, 1.165) is 89.9 Å².